The summed E-state index contributed by atoms with van der Waals surface area (Å²) in [7, 11) is 1.66. The zero-order chi connectivity index (χ0) is 14.8. The Morgan fingerprint density at radius 2 is 2.05 bits per heavy atom. The molecule has 20 heavy (non-hydrogen) atoms. The van der Waals surface area contributed by atoms with E-state index in [0.29, 0.717) is 12.5 Å². The van der Waals surface area contributed by atoms with Crippen LogP contribution in [0.15, 0.2) is 18.2 Å². The molecule has 0 aliphatic heterocycles. The van der Waals surface area contributed by atoms with Crippen LogP contribution in [0.3, 0.4) is 0 Å². The molecule has 0 aliphatic carbocycles. The minimum absolute atomic E-state index is 0.0467. The van der Waals surface area contributed by atoms with Crippen molar-refractivity contribution in [1.82, 2.24) is 0 Å². The van der Waals surface area contributed by atoms with E-state index in [-0.39, 0.29) is 6.61 Å². The summed E-state index contributed by atoms with van der Waals surface area (Å²) in [5.74, 6) is 1.46. The lowest BCUT2D eigenvalue weighted by atomic mass is 10.0. The summed E-state index contributed by atoms with van der Waals surface area (Å²) in [5.41, 5.74) is 1.90. The molecule has 0 spiro atoms. The largest absolute Gasteiger partial charge is 0.496 e. The summed E-state index contributed by atoms with van der Waals surface area (Å²) in [6.07, 6.45) is 4.91. The first-order valence-corrected chi connectivity index (χ1v) is 7.59. The summed E-state index contributed by atoms with van der Waals surface area (Å²) >= 11 is 0. The molecule has 0 bridgehead atoms. The lowest BCUT2D eigenvalue weighted by molar-refractivity contribution is 0.0806. The molecule has 0 heterocycles. The van der Waals surface area contributed by atoms with Gasteiger partial charge in [-0.2, -0.15) is 0 Å². The minimum Gasteiger partial charge on any atom is -0.496 e. The van der Waals surface area contributed by atoms with Crippen molar-refractivity contribution in [3.05, 3.63) is 29.3 Å². The second-order valence-electron chi connectivity index (χ2n) is 5.24. The third-order valence-corrected chi connectivity index (χ3v) is 3.68. The number of hydrogen-bond acceptors (Lipinski definition) is 3. The van der Waals surface area contributed by atoms with Gasteiger partial charge in [-0.05, 0) is 30.0 Å². The summed E-state index contributed by atoms with van der Waals surface area (Å²) < 4.78 is 11.2. The van der Waals surface area contributed by atoms with Crippen molar-refractivity contribution >= 4 is 0 Å². The topological polar surface area (TPSA) is 38.7 Å². The highest BCUT2D eigenvalue weighted by molar-refractivity contribution is 5.36. The van der Waals surface area contributed by atoms with Gasteiger partial charge in [0.05, 0.1) is 20.3 Å². The van der Waals surface area contributed by atoms with Gasteiger partial charge >= 0.3 is 0 Å². The maximum absolute atomic E-state index is 9.19. The first-order valence-electron chi connectivity index (χ1n) is 7.59. The molecule has 1 aromatic carbocycles. The quantitative estimate of drug-likeness (QED) is 0.706. The third-order valence-electron chi connectivity index (χ3n) is 3.68. The Morgan fingerprint density at radius 3 is 2.65 bits per heavy atom. The molecule has 0 aromatic heterocycles. The number of aliphatic hydroxyl groups is 1. The Hall–Kier alpha value is -1.06. The van der Waals surface area contributed by atoms with Gasteiger partial charge in [0.2, 0.25) is 0 Å². The van der Waals surface area contributed by atoms with E-state index in [4.69, 9.17) is 9.47 Å². The molecule has 1 N–H and O–H groups in total. The highest BCUT2D eigenvalue weighted by Gasteiger charge is 2.08. The van der Waals surface area contributed by atoms with Gasteiger partial charge in [-0.25, -0.2) is 0 Å². The Labute approximate surface area is 122 Å². The average molecular weight is 280 g/mol. The fourth-order valence-electron chi connectivity index (χ4n) is 2.28. The maximum Gasteiger partial charge on any atom is 0.124 e. The van der Waals surface area contributed by atoms with Crippen LogP contribution in [-0.4, -0.2) is 18.8 Å². The molecule has 1 rings (SSSR count). The standard InChI is InChI=1S/C17H28O3/c1-4-6-7-14(5-2)12-20-13-16-10-15(11-18)8-9-17(16)19-3/h8-10,14,18H,4-7,11-13H2,1-3H3. The molecule has 3 heteroatoms. The van der Waals surface area contributed by atoms with Crippen molar-refractivity contribution in [3.63, 3.8) is 0 Å². The lowest BCUT2D eigenvalue weighted by Gasteiger charge is -2.16. The molecular formula is C17H28O3. The Balaban J connectivity index is 2.51. The van der Waals surface area contributed by atoms with Gasteiger partial charge in [-0.1, -0.05) is 39.2 Å². The van der Waals surface area contributed by atoms with Crippen LogP contribution >= 0.6 is 0 Å². The van der Waals surface area contributed by atoms with E-state index in [1.807, 2.05) is 18.2 Å². The fourth-order valence-corrected chi connectivity index (χ4v) is 2.28. The number of unbranched alkanes of at least 4 members (excludes halogenated alkanes) is 1. The van der Waals surface area contributed by atoms with E-state index >= 15 is 0 Å². The van der Waals surface area contributed by atoms with Crippen molar-refractivity contribution in [3.8, 4) is 5.75 Å². The van der Waals surface area contributed by atoms with Crippen LogP contribution in [-0.2, 0) is 18.0 Å². The van der Waals surface area contributed by atoms with Gasteiger partial charge in [-0.15, -0.1) is 0 Å². The predicted octanol–water partition coefficient (Wildman–Crippen LogP) is 3.92. The van der Waals surface area contributed by atoms with Crippen LogP contribution in [0.4, 0.5) is 0 Å². The maximum atomic E-state index is 9.19. The van der Waals surface area contributed by atoms with Crippen molar-refractivity contribution in [2.75, 3.05) is 13.7 Å². The summed E-state index contributed by atoms with van der Waals surface area (Å²) in [6.45, 7) is 5.82. The van der Waals surface area contributed by atoms with Crippen LogP contribution in [0.25, 0.3) is 0 Å². The van der Waals surface area contributed by atoms with Crippen LogP contribution < -0.4 is 4.74 Å². The van der Waals surface area contributed by atoms with E-state index in [2.05, 4.69) is 13.8 Å². The van der Waals surface area contributed by atoms with E-state index in [1.54, 1.807) is 7.11 Å². The molecule has 0 amide bonds. The zero-order valence-corrected chi connectivity index (χ0v) is 13.0. The SMILES string of the molecule is CCCCC(CC)COCc1cc(CO)ccc1OC. The monoisotopic (exact) mass is 280 g/mol. The zero-order valence-electron chi connectivity index (χ0n) is 13.0. The smallest absolute Gasteiger partial charge is 0.124 e. The minimum atomic E-state index is 0.0467. The number of ether oxygens (including phenoxy) is 2. The molecule has 1 unspecified atom stereocenters. The van der Waals surface area contributed by atoms with Gasteiger partial charge in [0.15, 0.2) is 0 Å². The highest BCUT2D eigenvalue weighted by Crippen LogP contribution is 2.22. The van der Waals surface area contributed by atoms with Gasteiger partial charge in [0.25, 0.3) is 0 Å². The van der Waals surface area contributed by atoms with Crippen molar-refractivity contribution in [2.45, 2.75) is 52.7 Å². The van der Waals surface area contributed by atoms with E-state index in [9.17, 15) is 5.11 Å². The van der Waals surface area contributed by atoms with Gasteiger partial charge in [-0.3, -0.25) is 0 Å². The second kappa shape index (κ2) is 9.78. The van der Waals surface area contributed by atoms with Crippen LogP contribution in [0.5, 0.6) is 5.75 Å². The summed E-state index contributed by atoms with van der Waals surface area (Å²) in [5, 5.41) is 9.19. The van der Waals surface area contributed by atoms with Crippen LogP contribution in [0.1, 0.15) is 50.7 Å². The Bertz CT molecular complexity index is 376. The van der Waals surface area contributed by atoms with Crippen LogP contribution in [0.2, 0.25) is 0 Å². The number of methoxy groups -OCH3 is 1. The molecule has 0 fully saturated rings. The molecular weight excluding hydrogens is 252 g/mol. The van der Waals surface area contributed by atoms with Crippen molar-refractivity contribution in [1.29, 1.82) is 0 Å². The normalized spacial score (nSPS) is 12.4. The molecule has 0 radical (unpaired) electrons. The van der Waals surface area contributed by atoms with Crippen molar-refractivity contribution < 1.29 is 14.6 Å². The van der Waals surface area contributed by atoms with E-state index in [1.165, 1.54) is 19.3 Å². The number of rotatable bonds is 10. The molecule has 1 aromatic rings. The predicted molar refractivity (Wildman–Crippen MR) is 81.9 cm³/mol. The number of aliphatic hydroxyl groups excluding tert-OH is 1. The first kappa shape index (κ1) is 17.0. The molecule has 0 saturated carbocycles. The average Bonchev–Trinajstić information content (AvgIpc) is 2.50. The van der Waals surface area contributed by atoms with Crippen LogP contribution in [0, 0.1) is 5.92 Å². The molecule has 0 saturated heterocycles. The van der Waals surface area contributed by atoms with E-state index < -0.39 is 0 Å². The molecule has 0 aliphatic rings. The first-order chi connectivity index (χ1) is 9.74. The van der Waals surface area contributed by atoms with Crippen molar-refractivity contribution in [2.24, 2.45) is 5.92 Å². The molecule has 3 nitrogen and oxygen atoms in total. The van der Waals surface area contributed by atoms with Gasteiger partial charge < -0.3 is 14.6 Å². The molecule has 1 atom stereocenters. The Morgan fingerprint density at radius 1 is 1.25 bits per heavy atom. The highest BCUT2D eigenvalue weighted by atomic mass is 16.5. The number of hydrogen-bond donors (Lipinski definition) is 1. The number of benzene rings is 1. The lowest BCUT2D eigenvalue weighted by Crippen LogP contribution is -2.09. The third kappa shape index (κ3) is 5.51. The van der Waals surface area contributed by atoms with E-state index in [0.717, 1.165) is 29.9 Å². The summed E-state index contributed by atoms with van der Waals surface area (Å²) in [4.78, 5) is 0. The Kier molecular flexibility index (Phi) is 8.31. The second-order valence-corrected chi connectivity index (χ2v) is 5.24. The summed E-state index contributed by atoms with van der Waals surface area (Å²) in [6, 6.07) is 5.71. The molecule has 114 valence electrons. The van der Waals surface area contributed by atoms with Gasteiger partial charge in [0, 0.05) is 12.2 Å². The van der Waals surface area contributed by atoms with Gasteiger partial charge in [0.1, 0.15) is 5.75 Å². The fraction of sp³-hybridized carbons (Fsp3) is 0.647.